The molecular weight excluding hydrogens is 170 g/mol. The normalized spacial score (nSPS) is 11.8. The molecule has 0 aromatic heterocycles. The summed E-state index contributed by atoms with van der Waals surface area (Å²) < 4.78 is 0. The van der Waals surface area contributed by atoms with Crippen molar-refractivity contribution in [2.24, 2.45) is 4.99 Å². The molecule has 0 aliphatic heterocycles. The zero-order valence-electron chi connectivity index (χ0n) is 7.34. The first-order chi connectivity index (χ1) is 5.74. The molecule has 2 heteroatoms. The lowest BCUT2D eigenvalue weighted by Gasteiger charge is -2.00. The smallest absolute Gasteiger partial charge is 0.103 e. The van der Waals surface area contributed by atoms with E-state index in [-0.39, 0.29) is 0 Å². The molecule has 0 amide bonds. The maximum Gasteiger partial charge on any atom is 0.103 e. The van der Waals surface area contributed by atoms with Crippen molar-refractivity contribution < 1.29 is 0 Å². The molecule has 1 rings (SSSR count). The van der Waals surface area contributed by atoms with Gasteiger partial charge >= 0.3 is 0 Å². The molecule has 1 nitrogen and oxygen atoms in total. The molecule has 0 aliphatic carbocycles. The summed E-state index contributed by atoms with van der Waals surface area (Å²) in [4.78, 5) is 4.21. The van der Waals surface area contributed by atoms with Gasteiger partial charge in [0.1, 0.15) is 5.17 Å². The molecule has 0 N–H and O–H groups in total. The van der Waals surface area contributed by atoms with Crippen LogP contribution in [0.2, 0.25) is 0 Å². The molecule has 0 radical (unpaired) electrons. The number of aliphatic imine (C=N–C) groups is 1. The van der Waals surface area contributed by atoms with Gasteiger partial charge in [-0.05, 0) is 25.0 Å². The standard InChI is InChI=1S/C10H12ClN/c1-3-9-6-4-5-7-10(9)12-8(2)11/h4-7H,3H2,1-2H3/b12-8-. The van der Waals surface area contributed by atoms with E-state index < -0.39 is 0 Å². The first kappa shape index (κ1) is 9.27. The van der Waals surface area contributed by atoms with Crippen LogP contribution in [0, 0.1) is 0 Å². The number of benzene rings is 1. The van der Waals surface area contributed by atoms with E-state index in [1.807, 2.05) is 18.2 Å². The minimum Gasteiger partial charge on any atom is -0.241 e. The van der Waals surface area contributed by atoms with Crippen LogP contribution in [0.4, 0.5) is 5.69 Å². The average molecular weight is 182 g/mol. The third kappa shape index (κ3) is 2.35. The highest BCUT2D eigenvalue weighted by molar-refractivity contribution is 6.65. The van der Waals surface area contributed by atoms with Crippen molar-refractivity contribution in [3.05, 3.63) is 29.8 Å². The Bertz CT molecular complexity index is 288. The van der Waals surface area contributed by atoms with Crippen LogP contribution in [0.3, 0.4) is 0 Å². The van der Waals surface area contributed by atoms with E-state index in [0.717, 1.165) is 12.1 Å². The summed E-state index contributed by atoms with van der Waals surface area (Å²) in [7, 11) is 0. The Labute approximate surface area is 78.1 Å². The van der Waals surface area contributed by atoms with Gasteiger partial charge in [0.2, 0.25) is 0 Å². The van der Waals surface area contributed by atoms with Crippen molar-refractivity contribution in [2.45, 2.75) is 20.3 Å². The monoisotopic (exact) mass is 181 g/mol. The second-order valence-corrected chi connectivity index (χ2v) is 3.14. The highest BCUT2D eigenvalue weighted by Gasteiger charge is 1.96. The van der Waals surface area contributed by atoms with Crippen LogP contribution in [0.1, 0.15) is 19.4 Å². The fraction of sp³-hybridized carbons (Fsp3) is 0.300. The molecule has 1 aromatic rings. The lowest BCUT2D eigenvalue weighted by molar-refractivity contribution is 1.13. The van der Waals surface area contributed by atoms with Crippen LogP contribution in [-0.2, 0) is 6.42 Å². The van der Waals surface area contributed by atoms with Crippen molar-refractivity contribution in [1.29, 1.82) is 0 Å². The van der Waals surface area contributed by atoms with Gasteiger partial charge in [-0.15, -0.1) is 0 Å². The van der Waals surface area contributed by atoms with Gasteiger partial charge in [0, 0.05) is 0 Å². The van der Waals surface area contributed by atoms with Crippen LogP contribution in [0.15, 0.2) is 29.3 Å². The SMILES string of the molecule is CCc1ccccc1/N=C(/C)Cl. The molecule has 0 spiro atoms. The molecule has 64 valence electrons. The predicted molar refractivity (Wildman–Crippen MR) is 54.4 cm³/mol. The van der Waals surface area contributed by atoms with Gasteiger partial charge in [0.25, 0.3) is 0 Å². The number of aryl methyl sites for hydroxylation is 1. The number of para-hydroxylation sites is 1. The summed E-state index contributed by atoms with van der Waals surface area (Å²) in [6.45, 7) is 3.89. The average Bonchev–Trinajstić information content (AvgIpc) is 2.04. The Balaban J connectivity index is 3.05. The second kappa shape index (κ2) is 4.27. The summed E-state index contributed by atoms with van der Waals surface area (Å²) in [6.07, 6.45) is 0.990. The van der Waals surface area contributed by atoms with Crippen molar-refractivity contribution in [3.8, 4) is 0 Å². The molecule has 12 heavy (non-hydrogen) atoms. The first-order valence-corrected chi connectivity index (χ1v) is 4.40. The Morgan fingerprint density at radius 3 is 2.67 bits per heavy atom. The molecule has 0 atom stereocenters. The van der Waals surface area contributed by atoms with Gasteiger partial charge in [0.05, 0.1) is 5.69 Å². The molecule has 0 aliphatic rings. The van der Waals surface area contributed by atoms with E-state index in [0.29, 0.717) is 5.17 Å². The molecular formula is C10H12ClN. The fourth-order valence-electron chi connectivity index (χ4n) is 1.08. The minimum atomic E-state index is 0.580. The number of halogens is 1. The zero-order valence-corrected chi connectivity index (χ0v) is 8.10. The van der Waals surface area contributed by atoms with Gasteiger partial charge in [-0.25, -0.2) is 4.99 Å². The van der Waals surface area contributed by atoms with Crippen molar-refractivity contribution in [1.82, 2.24) is 0 Å². The van der Waals surface area contributed by atoms with Crippen LogP contribution in [0.25, 0.3) is 0 Å². The number of rotatable bonds is 2. The lowest BCUT2D eigenvalue weighted by Crippen LogP contribution is -1.82. The molecule has 0 heterocycles. The predicted octanol–water partition coefficient (Wildman–Crippen LogP) is 3.54. The summed E-state index contributed by atoms with van der Waals surface area (Å²) in [5.74, 6) is 0. The molecule has 0 saturated carbocycles. The Morgan fingerprint density at radius 2 is 2.08 bits per heavy atom. The largest absolute Gasteiger partial charge is 0.241 e. The maximum atomic E-state index is 5.69. The van der Waals surface area contributed by atoms with E-state index in [1.165, 1.54) is 5.56 Å². The Kier molecular flexibility index (Phi) is 3.30. The van der Waals surface area contributed by atoms with Crippen LogP contribution < -0.4 is 0 Å². The summed E-state index contributed by atoms with van der Waals surface area (Å²) in [5.41, 5.74) is 2.21. The van der Waals surface area contributed by atoms with E-state index in [9.17, 15) is 0 Å². The first-order valence-electron chi connectivity index (χ1n) is 4.02. The Morgan fingerprint density at radius 1 is 1.42 bits per heavy atom. The van der Waals surface area contributed by atoms with Gasteiger partial charge in [-0.3, -0.25) is 0 Å². The quantitative estimate of drug-likeness (QED) is 0.619. The van der Waals surface area contributed by atoms with Gasteiger partial charge in [-0.2, -0.15) is 0 Å². The molecule has 0 saturated heterocycles. The molecule has 0 bridgehead atoms. The number of hydrogen-bond acceptors (Lipinski definition) is 1. The highest BCUT2D eigenvalue weighted by Crippen LogP contribution is 2.19. The molecule has 0 unspecified atom stereocenters. The van der Waals surface area contributed by atoms with Crippen molar-refractivity contribution in [2.75, 3.05) is 0 Å². The highest BCUT2D eigenvalue weighted by atomic mass is 35.5. The number of hydrogen-bond donors (Lipinski definition) is 0. The second-order valence-electron chi connectivity index (χ2n) is 2.59. The van der Waals surface area contributed by atoms with E-state index in [2.05, 4.69) is 18.0 Å². The van der Waals surface area contributed by atoms with E-state index in [4.69, 9.17) is 11.6 Å². The van der Waals surface area contributed by atoms with Crippen molar-refractivity contribution >= 4 is 22.5 Å². The third-order valence-electron chi connectivity index (χ3n) is 1.65. The fourth-order valence-corrected chi connectivity index (χ4v) is 1.18. The zero-order chi connectivity index (χ0) is 8.97. The number of nitrogens with zero attached hydrogens (tertiary/aromatic N) is 1. The van der Waals surface area contributed by atoms with Crippen LogP contribution >= 0.6 is 11.6 Å². The summed E-state index contributed by atoms with van der Waals surface area (Å²) in [6, 6.07) is 8.03. The summed E-state index contributed by atoms with van der Waals surface area (Å²) >= 11 is 5.69. The van der Waals surface area contributed by atoms with Gasteiger partial charge < -0.3 is 0 Å². The van der Waals surface area contributed by atoms with Crippen LogP contribution in [-0.4, -0.2) is 5.17 Å². The Hall–Kier alpha value is -0.820. The molecule has 1 aromatic carbocycles. The molecule has 0 fully saturated rings. The van der Waals surface area contributed by atoms with Gasteiger partial charge in [0.15, 0.2) is 0 Å². The van der Waals surface area contributed by atoms with Crippen molar-refractivity contribution in [3.63, 3.8) is 0 Å². The maximum absolute atomic E-state index is 5.69. The lowest BCUT2D eigenvalue weighted by atomic mass is 10.1. The van der Waals surface area contributed by atoms with E-state index >= 15 is 0 Å². The third-order valence-corrected chi connectivity index (χ3v) is 1.73. The summed E-state index contributed by atoms with van der Waals surface area (Å²) in [5, 5.41) is 0.580. The van der Waals surface area contributed by atoms with Gasteiger partial charge in [-0.1, -0.05) is 36.7 Å². The van der Waals surface area contributed by atoms with Crippen LogP contribution in [0.5, 0.6) is 0 Å². The minimum absolute atomic E-state index is 0.580. The van der Waals surface area contributed by atoms with E-state index in [1.54, 1.807) is 6.92 Å². The topological polar surface area (TPSA) is 12.4 Å².